The van der Waals surface area contributed by atoms with Crippen LogP contribution in [0.25, 0.3) is 10.4 Å². The van der Waals surface area contributed by atoms with Gasteiger partial charge in [-0.2, -0.15) is 0 Å². The van der Waals surface area contributed by atoms with Gasteiger partial charge >= 0.3 is 0 Å². The van der Waals surface area contributed by atoms with Crippen molar-refractivity contribution in [3.63, 3.8) is 0 Å². The first kappa shape index (κ1) is 17.0. The summed E-state index contributed by atoms with van der Waals surface area (Å²) in [6.45, 7) is 6.36. The van der Waals surface area contributed by atoms with Crippen LogP contribution in [0.1, 0.15) is 20.8 Å². The normalized spacial score (nSPS) is 32.9. The summed E-state index contributed by atoms with van der Waals surface area (Å²) in [5, 5.41) is 6.23. The van der Waals surface area contributed by atoms with Crippen LogP contribution in [0.5, 0.6) is 0 Å². The lowest BCUT2D eigenvalue weighted by molar-refractivity contribution is -0.160. The topological polar surface area (TPSA) is 115 Å². The summed E-state index contributed by atoms with van der Waals surface area (Å²) < 4.78 is 23.0. The summed E-state index contributed by atoms with van der Waals surface area (Å²) in [4.78, 5) is 13.9. The molecule has 0 bridgehead atoms. The Hall–Kier alpha value is -1.38. The summed E-state index contributed by atoms with van der Waals surface area (Å²) in [7, 11) is 0. The van der Waals surface area contributed by atoms with Crippen molar-refractivity contribution >= 4 is 5.91 Å². The minimum Gasteiger partial charge on any atom is -0.379 e. The molecule has 2 saturated heterocycles. The van der Waals surface area contributed by atoms with Crippen molar-refractivity contribution in [1.29, 1.82) is 0 Å². The molecule has 2 fully saturated rings. The van der Waals surface area contributed by atoms with Gasteiger partial charge < -0.3 is 24.3 Å². The molecule has 0 unspecified atom stereocenters. The van der Waals surface area contributed by atoms with Gasteiger partial charge in [0.1, 0.15) is 18.3 Å². The highest BCUT2D eigenvalue weighted by molar-refractivity contribution is 5.73. The molecule has 0 aromatic carbocycles. The van der Waals surface area contributed by atoms with Crippen molar-refractivity contribution in [2.24, 2.45) is 5.11 Å². The van der Waals surface area contributed by atoms with E-state index in [-0.39, 0.29) is 36.8 Å². The minimum atomic E-state index is -0.733. The van der Waals surface area contributed by atoms with E-state index in [2.05, 4.69) is 15.3 Å². The Morgan fingerprint density at radius 3 is 2.86 bits per heavy atom. The second-order valence-corrected chi connectivity index (χ2v) is 5.77. The van der Waals surface area contributed by atoms with Gasteiger partial charge in [0.25, 0.3) is 0 Å². The molecule has 0 spiro atoms. The lowest BCUT2D eigenvalue weighted by Crippen LogP contribution is -2.58. The predicted molar refractivity (Wildman–Crippen MR) is 76.0 cm³/mol. The van der Waals surface area contributed by atoms with E-state index in [0.717, 1.165) is 0 Å². The van der Waals surface area contributed by atoms with Crippen LogP contribution in [0, 0.1) is 0 Å². The van der Waals surface area contributed by atoms with Gasteiger partial charge in [-0.25, -0.2) is 0 Å². The Morgan fingerprint density at radius 1 is 1.45 bits per heavy atom. The van der Waals surface area contributed by atoms with Gasteiger partial charge in [0.2, 0.25) is 5.91 Å². The molecule has 124 valence electrons. The van der Waals surface area contributed by atoms with Gasteiger partial charge in [0.15, 0.2) is 5.79 Å². The van der Waals surface area contributed by atoms with Gasteiger partial charge in [0, 0.05) is 18.4 Å². The van der Waals surface area contributed by atoms with Crippen LogP contribution in [0.3, 0.4) is 0 Å². The Balaban J connectivity index is 1.94. The zero-order valence-electron chi connectivity index (χ0n) is 13.0. The molecule has 2 rings (SSSR count). The molecule has 2 aliphatic heterocycles. The maximum absolute atomic E-state index is 11.3. The highest BCUT2D eigenvalue weighted by Gasteiger charge is 2.52. The van der Waals surface area contributed by atoms with E-state index in [9.17, 15) is 4.79 Å². The number of hydrogen-bond acceptors (Lipinski definition) is 6. The predicted octanol–water partition coefficient (Wildman–Crippen LogP) is 0.737. The van der Waals surface area contributed by atoms with E-state index in [1.807, 2.05) is 13.8 Å². The van der Waals surface area contributed by atoms with Crippen LogP contribution in [-0.2, 0) is 23.7 Å². The lowest BCUT2D eigenvalue weighted by Gasteiger charge is -2.37. The van der Waals surface area contributed by atoms with Gasteiger partial charge in [-0.05, 0) is 19.4 Å². The third kappa shape index (κ3) is 4.31. The molecule has 1 amide bonds. The van der Waals surface area contributed by atoms with E-state index < -0.39 is 5.79 Å². The first-order valence-corrected chi connectivity index (χ1v) is 7.26. The van der Waals surface area contributed by atoms with Gasteiger partial charge in [0.05, 0.1) is 25.9 Å². The van der Waals surface area contributed by atoms with Crippen molar-refractivity contribution in [3.8, 4) is 0 Å². The van der Waals surface area contributed by atoms with Crippen LogP contribution in [0.15, 0.2) is 5.11 Å². The molecule has 0 aromatic heterocycles. The molecule has 9 heteroatoms. The zero-order chi connectivity index (χ0) is 16.2. The first-order valence-electron chi connectivity index (χ1n) is 7.26. The molecule has 1 N–H and O–H groups in total. The molecule has 2 aliphatic rings. The van der Waals surface area contributed by atoms with Gasteiger partial charge in [-0.15, -0.1) is 0 Å². The largest absolute Gasteiger partial charge is 0.379 e. The third-order valence-electron chi connectivity index (χ3n) is 3.49. The Kier molecular flexibility index (Phi) is 5.60. The molecule has 4 atom stereocenters. The second-order valence-electron chi connectivity index (χ2n) is 5.77. The Bertz CT molecular complexity index is 450. The maximum Gasteiger partial charge on any atom is 0.217 e. The summed E-state index contributed by atoms with van der Waals surface area (Å²) in [6, 6.07) is -0.247. The number of azide groups is 1. The fourth-order valence-corrected chi connectivity index (χ4v) is 2.71. The molecule has 2 heterocycles. The number of hydrogen-bond donors (Lipinski definition) is 1. The number of carbonyl (C=O) groups excluding carboxylic acids is 1. The molecule has 0 aromatic rings. The highest BCUT2D eigenvalue weighted by atomic mass is 16.8. The fraction of sp³-hybridized carbons (Fsp3) is 0.923. The number of fused-ring (bicyclic) bond motifs is 1. The van der Waals surface area contributed by atoms with Gasteiger partial charge in [-0.1, -0.05) is 5.11 Å². The average molecular weight is 314 g/mol. The standard InChI is InChI=1S/C13H22N4O5/c1-8(18)16-9-6-20-10(7-19-5-4-15-17-14)12-11(9)21-13(2,3)22-12/h9-12H,4-7H2,1-3H3,(H,16,18)/t9-,10+,11+,12-/m0/s1. The van der Waals surface area contributed by atoms with Crippen LogP contribution < -0.4 is 5.32 Å². The minimum absolute atomic E-state index is 0.135. The number of rotatable bonds is 6. The summed E-state index contributed by atoms with van der Waals surface area (Å²) in [5.74, 6) is -0.868. The summed E-state index contributed by atoms with van der Waals surface area (Å²) in [5.41, 5.74) is 8.20. The SMILES string of the molecule is CC(=O)N[C@H]1CO[C@H](COCCN=[N+]=[N-])[C@@H]2OC(C)(C)O[C@@H]21. The number of nitrogens with one attached hydrogen (secondary N) is 1. The van der Waals surface area contributed by atoms with Crippen molar-refractivity contribution in [2.45, 2.75) is 50.9 Å². The Labute approximate surface area is 128 Å². The zero-order valence-corrected chi connectivity index (χ0v) is 13.0. The number of nitrogens with zero attached hydrogens (tertiary/aromatic N) is 3. The molecule has 0 saturated carbocycles. The monoisotopic (exact) mass is 314 g/mol. The number of amides is 1. The quantitative estimate of drug-likeness (QED) is 0.336. The van der Waals surface area contributed by atoms with Crippen LogP contribution in [0.4, 0.5) is 0 Å². The molecule has 9 nitrogen and oxygen atoms in total. The van der Waals surface area contributed by atoms with Crippen LogP contribution >= 0.6 is 0 Å². The average Bonchev–Trinajstić information content (AvgIpc) is 2.76. The molecule has 0 radical (unpaired) electrons. The smallest absolute Gasteiger partial charge is 0.217 e. The molecular formula is C13H22N4O5. The van der Waals surface area contributed by atoms with Crippen molar-refractivity contribution in [3.05, 3.63) is 10.4 Å². The summed E-state index contributed by atoms with van der Waals surface area (Å²) in [6.07, 6.45) is -0.888. The van der Waals surface area contributed by atoms with Crippen molar-refractivity contribution in [1.82, 2.24) is 5.32 Å². The summed E-state index contributed by atoms with van der Waals surface area (Å²) >= 11 is 0. The van der Waals surface area contributed by atoms with E-state index in [0.29, 0.717) is 19.8 Å². The third-order valence-corrected chi connectivity index (χ3v) is 3.49. The van der Waals surface area contributed by atoms with Crippen molar-refractivity contribution < 1.29 is 23.7 Å². The number of carbonyl (C=O) groups is 1. The van der Waals surface area contributed by atoms with Crippen LogP contribution in [-0.4, -0.2) is 62.4 Å². The fourth-order valence-electron chi connectivity index (χ4n) is 2.71. The Morgan fingerprint density at radius 2 is 2.18 bits per heavy atom. The lowest BCUT2D eigenvalue weighted by atomic mass is 9.98. The van der Waals surface area contributed by atoms with Crippen LogP contribution in [0.2, 0.25) is 0 Å². The first-order chi connectivity index (χ1) is 10.4. The molecule has 0 aliphatic carbocycles. The van der Waals surface area contributed by atoms with E-state index in [4.69, 9.17) is 24.5 Å². The highest BCUT2D eigenvalue weighted by Crippen LogP contribution is 2.35. The van der Waals surface area contributed by atoms with E-state index in [1.54, 1.807) is 0 Å². The molecule has 22 heavy (non-hydrogen) atoms. The maximum atomic E-state index is 11.3. The molecular weight excluding hydrogens is 292 g/mol. The van der Waals surface area contributed by atoms with E-state index in [1.165, 1.54) is 6.92 Å². The van der Waals surface area contributed by atoms with E-state index >= 15 is 0 Å². The number of ether oxygens (including phenoxy) is 4. The van der Waals surface area contributed by atoms with Gasteiger partial charge in [-0.3, -0.25) is 4.79 Å². The van der Waals surface area contributed by atoms with Crippen molar-refractivity contribution in [2.75, 3.05) is 26.4 Å². The second kappa shape index (κ2) is 7.26.